The first-order valence-electron chi connectivity index (χ1n) is 7.77. The van der Waals surface area contributed by atoms with Crippen LogP contribution in [0.1, 0.15) is 38.4 Å². The maximum Gasteiger partial charge on any atom is 0.312 e. The fourth-order valence-corrected chi connectivity index (χ4v) is 2.86. The van der Waals surface area contributed by atoms with Crippen molar-refractivity contribution >= 4 is 17.3 Å². The van der Waals surface area contributed by atoms with Gasteiger partial charge in [0.1, 0.15) is 24.3 Å². The molecule has 0 aliphatic heterocycles. The van der Waals surface area contributed by atoms with E-state index in [9.17, 15) is 9.18 Å². The van der Waals surface area contributed by atoms with E-state index in [1.807, 2.05) is 5.38 Å². The molecule has 1 atom stereocenters. The van der Waals surface area contributed by atoms with E-state index in [1.54, 1.807) is 30.4 Å². The van der Waals surface area contributed by atoms with Crippen molar-refractivity contribution in [2.75, 3.05) is 6.61 Å². The third kappa shape index (κ3) is 5.60. The lowest BCUT2D eigenvalue weighted by molar-refractivity contribution is -0.148. The second-order valence-corrected chi connectivity index (χ2v) is 7.50. The minimum absolute atomic E-state index is 0.0289. The predicted molar refractivity (Wildman–Crippen MR) is 92.0 cm³/mol. The van der Waals surface area contributed by atoms with Crippen molar-refractivity contribution in [3.63, 3.8) is 0 Å². The Hall–Kier alpha value is -1.95. The van der Waals surface area contributed by atoms with Crippen molar-refractivity contribution in [2.24, 2.45) is 0 Å². The van der Waals surface area contributed by atoms with Crippen LogP contribution in [-0.4, -0.2) is 23.7 Å². The van der Waals surface area contributed by atoms with Gasteiger partial charge in [0, 0.05) is 16.9 Å². The van der Waals surface area contributed by atoms with Gasteiger partial charge in [0.25, 0.3) is 0 Å². The summed E-state index contributed by atoms with van der Waals surface area (Å²) in [5.74, 6) is -0.307. The molecule has 0 amide bonds. The largest absolute Gasteiger partial charge is 0.490 e. The van der Waals surface area contributed by atoms with Crippen molar-refractivity contribution in [3.8, 4) is 5.75 Å². The average molecular weight is 351 g/mol. The van der Waals surface area contributed by atoms with Crippen LogP contribution in [-0.2, 0) is 21.4 Å². The molecule has 0 aliphatic rings. The molecule has 0 fully saturated rings. The normalized spacial score (nSPS) is 12.7. The van der Waals surface area contributed by atoms with E-state index < -0.39 is 6.10 Å². The Morgan fingerprint density at radius 3 is 2.75 bits per heavy atom. The molecule has 0 spiro atoms. The van der Waals surface area contributed by atoms with Gasteiger partial charge in [-0.15, -0.1) is 11.3 Å². The van der Waals surface area contributed by atoms with Gasteiger partial charge in [0.05, 0.1) is 17.1 Å². The van der Waals surface area contributed by atoms with Gasteiger partial charge in [0.2, 0.25) is 0 Å². The molecule has 4 nitrogen and oxygen atoms in total. The Labute approximate surface area is 145 Å². The van der Waals surface area contributed by atoms with E-state index in [4.69, 9.17) is 9.47 Å². The summed E-state index contributed by atoms with van der Waals surface area (Å²) in [6.45, 7) is 8.15. The first-order valence-corrected chi connectivity index (χ1v) is 8.65. The van der Waals surface area contributed by atoms with Gasteiger partial charge in [-0.1, -0.05) is 26.8 Å². The molecule has 0 bridgehead atoms. The molecule has 1 aromatic heterocycles. The number of halogens is 1. The van der Waals surface area contributed by atoms with Crippen LogP contribution < -0.4 is 4.74 Å². The van der Waals surface area contributed by atoms with Crippen LogP contribution >= 0.6 is 11.3 Å². The molecule has 0 saturated heterocycles. The van der Waals surface area contributed by atoms with Gasteiger partial charge in [-0.25, -0.2) is 9.37 Å². The summed E-state index contributed by atoms with van der Waals surface area (Å²) in [6.07, 6.45) is -0.293. The van der Waals surface area contributed by atoms with Crippen LogP contribution in [0.5, 0.6) is 5.75 Å². The summed E-state index contributed by atoms with van der Waals surface area (Å²) in [6, 6.07) is 5.85. The monoisotopic (exact) mass is 351 g/mol. The first-order chi connectivity index (χ1) is 11.2. The summed E-state index contributed by atoms with van der Waals surface area (Å²) < 4.78 is 23.8. The molecule has 130 valence electrons. The van der Waals surface area contributed by atoms with Crippen LogP contribution in [0.3, 0.4) is 0 Å². The zero-order valence-corrected chi connectivity index (χ0v) is 15.2. The molecule has 1 heterocycles. The highest BCUT2D eigenvalue weighted by Gasteiger charge is 2.19. The molecular weight excluding hydrogens is 329 g/mol. The van der Waals surface area contributed by atoms with E-state index in [2.05, 4.69) is 25.8 Å². The lowest BCUT2D eigenvalue weighted by atomic mass is 9.98. The number of nitrogens with zero attached hydrogens (tertiary/aromatic N) is 1. The van der Waals surface area contributed by atoms with Gasteiger partial charge in [-0.3, -0.25) is 4.79 Å². The zero-order valence-electron chi connectivity index (χ0n) is 14.3. The fourth-order valence-electron chi connectivity index (χ4n) is 1.95. The van der Waals surface area contributed by atoms with E-state index in [1.165, 1.54) is 12.1 Å². The van der Waals surface area contributed by atoms with Crippen LogP contribution in [0.2, 0.25) is 0 Å². The summed E-state index contributed by atoms with van der Waals surface area (Å²) in [4.78, 5) is 16.5. The van der Waals surface area contributed by atoms with Gasteiger partial charge >= 0.3 is 5.97 Å². The average Bonchev–Trinajstić information content (AvgIpc) is 2.93. The van der Waals surface area contributed by atoms with E-state index in [0.29, 0.717) is 11.4 Å². The Morgan fingerprint density at radius 1 is 1.38 bits per heavy atom. The predicted octanol–water partition coefficient (Wildman–Crippen LogP) is 4.13. The van der Waals surface area contributed by atoms with Crippen LogP contribution in [0.15, 0.2) is 29.6 Å². The highest BCUT2D eigenvalue weighted by molar-refractivity contribution is 7.09. The first kappa shape index (κ1) is 18.4. The van der Waals surface area contributed by atoms with Gasteiger partial charge in [-0.2, -0.15) is 0 Å². The Morgan fingerprint density at radius 2 is 2.12 bits per heavy atom. The molecule has 0 aliphatic carbocycles. The Kier molecular flexibility index (Phi) is 5.94. The molecule has 24 heavy (non-hydrogen) atoms. The summed E-state index contributed by atoms with van der Waals surface area (Å²) in [5, 5.41) is 2.88. The smallest absolute Gasteiger partial charge is 0.312 e. The minimum atomic E-state index is -0.429. The molecule has 1 unspecified atom stereocenters. The maximum absolute atomic E-state index is 13.1. The van der Waals surface area contributed by atoms with Crippen molar-refractivity contribution < 1.29 is 18.7 Å². The number of benzene rings is 1. The molecule has 2 aromatic rings. The quantitative estimate of drug-likeness (QED) is 0.734. The molecule has 6 heteroatoms. The number of esters is 1. The number of carbonyl (C=O) groups excluding carboxylic acids is 1. The molecular formula is C18H22FNO3S. The van der Waals surface area contributed by atoms with Gasteiger partial charge in [-0.05, 0) is 19.1 Å². The van der Waals surface area contributed by atoms with E-state index >= 15 is 0 Å². The van der Waals surface area contributed by atoms with Crippen molar-refractivity contribution in [3.05, 3.63) is 46.2 Å². The summed E-state index contributed by atoms with van der Waals surface area (Å²) in [7, 11) is 0. The lowest BCUT2D eigenvalue weighted by Crippen LogP contribution is -2.23. The number of carbonyl (C=O) groups is 1. The topological polar surface area (TPSA) is 48.4 Å². The number of aromatic nitrogens is 1. The molecule has 1 aromatic carbocycles. The van der Waals surface area contributed by atoms with Gasteiger partial charge < -0.3 is 9.47 Å². The molecule has 0 N–H and O–H groups in total. The number of ether oxygens (including phenoxy) is 2. The fraction of sp³-hybridized carbons (Fsp3) is 0.444. The maximum atomic E-state index is 13.1. The minimum Gasteiger partial charge on any atom is -0.490 e. The molecule has 0 saturated carbocycles. The van der Waals surface area contributed by atoms with Crippen molar-refractivity contribution in [1.29, 1.82) is 0 Å². The second-order valence-electron chi connectivity index (χ2n) is 6.64. The highest BCUT2D eigenvalue weighted by atomic mass is 32.1. The van der Waals surface area contributed by atoms with Crippen molar-refractivity contribution in [2.45, 2.75) is 45.6 Å². The second kappa shape index (κ2) is 7.75. The number of rotatable bonds is 6. The van der Waals surface area contributed by atoms with Gasteiger partial charge in [0.15, 0.2) is 0 Å². The molecule has 0 radical (unpaired) electrons. The lowest BCUT2D eigenvalue weighted by Gasteiger charge is -2.14. The van der Waals surface area contributed by atoms with E-state index in [0.717, 1.165) is 5.01 Å². The number of thiazole rings is 1. The third-order valence-electron chi connectivity index (χ3n) is 3.13. The SMILES string of the molecule is CC(COc1cccc(F)c1)OC(=O)Cc1csc(C(C)(C)C)n1. The van der Waals surface area contributed by atoms with Crippen molar-refractivity contribution in [1.82, 2.24) is 4.98 Å². The van der Waals surface area contributed by atoms with Crippen LogP contribution in [0.4, 0.5) is 4.39 Å². The highest BCUT2D eigenvalue weighted by Crippen LogP contribution is 2.25. The third-order valence-corrected chi connectivity index (χ3v) is 4.45. The van der Waals surface area contributed by atoms with Crippen LogP contribution in [0, 0.1) is 5.82 Å². The number of hydrogen-bond donors (Lipinski definition) is 0. The zero-order chi connectivity index (χ0) is 17.7. The standard InChI is InChI=1S/C18H22FNO3S/c1-12(10-22-15-7-5-6-13(19)8-15)23-16(21)9-14-11-24-17(20-14)18(2,3)4/h5-8,11-12H,9-10H2,1-4H3. The summed E-state index contributed by atoms with van der Waals surface area (Å²) >= 11 is 1.55. The summed E-state index contributed by atoms with van der Waals surface area (Å²) in [5.41, 5.74) is 0.687. The van der Waals surface area contributed by atoms with Crippen LogP contribution in [0.25, 0.3) is 0 Å². The molecule has 2 rings (SSSR count). The Balaban J connectivity index is 1.80. The number of hydrogen-bond acceptors (Lipinski definition) is 5. The van der Waals surface area contributed by atoms with E-state index in [-0.39, 0.29) is 30.2 Å². The Bertz CT molecular complexity index is 694.